The summed E-state index contributed by atoms with van der Waals surface area (Å²) in [7, 11) is 2.15. The SMILES string of the molecule is CC(c1ccc(F)cc1Br)N(C)C1CCCC1CN. The molecule has 0 amide bonds. The van der Waals surface area contributed by atoms with Gasteiger partial charge in [-0.15, -0.1) is 0 Å². The van der Waals surface area contributed by atoms with Crippen LogP contribution < -0.4 is 5.73 Å². The third-order valence-electron chi connectivity index (χ3n) is 4.47. The fourth-order valence-electron chi connectivity index (χ4n) is 3.18. The molecule has 0 aliphatic heterocycles. The molecular formula is C15H22BrFN2. The van der Waals surface area contributed by atoms with Gasteiger partial charge in [-0.1, -0.05) is 28.4 Å². The van der Waals surface area contributed by atoms with E-state index in [1.165, 1.54) is 31.4 Å². The third kappa shape index (κ3) is 3.18. The molecule has 1 aliphatic rings. The summed E-state index contributed by atoms with van der Waals surface area (Å²) in [4.78, 5) is 2.39. The Morgan fingerprint density at radius 1 is 1.47 bits per heavy atom. The molecule has 1 aromatic rings. The van der Waals surface area contributed by atoms with E-state index in [1.54, 1.807) is 0 Å². The van der Waals surface area contributed by atoms with E-state index in [4.69, 9.17) is 5.73 Å². The summed E-state index contributed by atoms with van der Waals surface area (Å²) in [5, 5.41) is 0. The Morgan fingerprint density at radius 2 is 2.21 bits per heavy atom. The Labute approximate surface area is 123 Å². The van der Waals surface area contributed by atoms with Crippen molar-refractivity contribution < 1.29 is 4.39 Å². The van der Waals surface area contributed by atoms with Crippen LogP contribution in [-0.2, 0) is 0 Å². The molecule has 3 atom stereocenters. The highest BCUT2D eigenvalue weighted by Crippen LogP contribution is 2.35. The van der Waals surface area contributed by atoms with Crippen molar-refractivity contribution in [2.45, 2.75) is 38.3 Å². The molecular weight excluding hydrogens is 307 g/mol. The lowest BCUT2D eigenvalue weighted by molar-refractivity contribution is 0.152. The van der Waals surface area contributed by atoms with Crippen LogP contribution in [0.2, 0.25) is 0 Å². The monoisotopic (exact) mass is 328 g/mol. The highest BCUT2D eigenvalue weighted by molar-refractivity contribution is 9.10. The van der Waals surface area contributed by atoms with Gasteiger partial charge in [0.05, 0.1) is 0 Å². The zero-order chi connectivity index (χ0) is 14.0. The second kappa shape index (κ2) is 6.33. The van der Waals surface area contributed by atoms with Gasteiger partial charge in [0.1, 0.15) is 5.82 Å². The highest BCUT2D eigenvalue weighted by atomic mass is 79.9. The molecule has 1 aromatic carbocycles. The van der Waals surface area contributed by atoms with E-state index in [0.29, 0.717) is 12.0 Å². The summed E-state index contributed by atoms with van der Waals surface area (Å²) < 4.78 is 14.0. The maximum atomic E-state index is 13.2. The lowest BCUT2D eigenvalue weighted by Crippen LogP contribution is -2.39. The molecule has 3 unspecified atom stereocenters. The zero-order valence-corrected chi connectivity index (χ0v) is 13.2. The van der Waals surface area contributed by atoms with Crippen molar-refractivity contribution >= 4 is 15.9 Å². The molecule has 4 heteroatoms. The number of rotatable bonds is 4. The largest absolute Gasteiger partial charge is 0.330 e. The smallest absolute Gasteiger partial charge is 0.124 e. The second-order valence-corrected chi connectivity index (χ2v) is 6.36. The van der Waals surface area contributed by atoms with E-state index < -0.39 is 0 Å². The minimum absolute atomic E-state index is 0.203. The Bertz CT molecular complexity index is 438. The van der Waals surface area contributed by atoms with Crippen LogP contribution in [0.3, 0.4) is 0 Å². The maximum absolute atomic E-state index is 13.2. The topological polar surface area (TPSA) is 29.3 Å². The van der Waals surface area contributed by atoms with Gasteiger partial charge in [-0.05, 0) is 57.0 Å². The van der Waals surface area contributed by atoms with Gasteiger partial charge in [0.15, 0.2) is 0 Å². The molecule has 1 saturated carbocycles. The summed E-state index contributed by atoms with van der Waals surface area (Å²) in [6.07, 6.45) is 3.69. The fraction of sp³-hybridized carbons (Fsp3) is 0.600. The van der Waals surface area contributed by atoms with Crippen molar-refractivity contribution in [2.24, 2.45) is 11.7 Å². The number of benzene rings is 1. The van der Waals surface area contributed by atoms with Crippen molar-refractivity contribution in [3.8, 4) is 0 Å². The lowest BCUT2D eigenvalue weighted by Gasteiger charge is -2.34. The molecule has 2 nitrogen and oxygen atoms in total. The Kier molecular flexibility index (Phi) is 4.98. The Morgan fingerprint density at radius 3 is 2.84 bits per heavy atom. The molecule has 0 bridgehead atoms. The van der Waals surface area contributed by atoms with Gasteiger partial charge in [-0.25, -0.2) is 4.39 Å². The van der Waals surface area contributed by atoms with Crippen LogP contribution in [-0.4, -0.2) is 24.5 Å². The van der Waals surface area contributed by atoms with E-state index in [-0.39, 0.29) is 11.9 Å². The van der Waals surface area contributed by atoms with Gasteiger partial charge in [0, 0.05) is 16.6 Å². The fourth-order valence-corrected chi connectivity index (χ4v) is 3.86. The molecule has 0 heterocycles. The molecule has 0 saturated heterocycles. The number of nitrogens with two attached hydrogens (primary N) is 1. The van der Waals surface area contributed by atoms with Gasteiger partial charge in [0.2, 0.25) is 0 Å². The van der Waals surface area contributed by atoms with Gasteiger partial charge in [-0.3, -0.25) is 4.90 Å². The summed E-state index contributed by atoms with van der Waals surface area (Å²) in [6, 6.07) is 5.73. The van der Waals surface area contributed by atoms with E-state index in [2.05, 4.69) is 34.8 Å². The van der Waals surface area contributed by atoms with Crippen LogP contribution >= 0.6 is 15.9 Å². The van der Waals surface area contributed by atoms with Crippen molar-refractivity contribution in [1.29, 1.82) is 0 Å². The standard InChI is InChI=1S/C15H22BrFN2/c1-10(13-7-6-12(17)8-14(13)16)19(2)15-5-3-4-11(15)9-18/h6-8,10-11,15H,3-5,9,18H2,1-2H3. The van der Waals surface area contributed by atoms with Crippen LogP contribution in [0.25, 0.3) is 0 Å². The summed E-state index contributed by atoms with van der Waals surface area (Å²) in [6.45, 7) is 2.93. The molecule has 106 valence electrons. The summed E-state index contributed by atoms with van der Waals surface area (Å²) in [5.74, 6) is 0.387. The minimum atomic E-state index is -0.203. The van der Waals surface area contributed by atoms with E-state index in [0.717, 1.165) is 16.6 Å². The third-order valence-corrected chi connectivity index (χ3v) is 5.16. The molecule has 1 fully saturated rings. The molecule has 19 heavy (non-hydrogen) atoms. The van der Waals surface area contributed by atoms with Crippen LogP contribution in [0.1, 0.15) is 37.8 Å². The Balaban J connectivity index is 2.16. The van der Waals surface area contributed by atoms with E-state index >= 15 is 0 Å². The predicted octanol–water partition coefficient (Wildman–Crippen LogP) is 3.71. The molecule has 1 aliphatic carbocycles. The summed E-state index contributed by atoms with van der Waals surface area (Å²) in [5.41, 5.74) is 7.00. The molecule has 0 aromatic heterocycles. The minimum Gasteiger partial charge on any atom is -0.330 e. The second-order valence-electron chi connectivity index (χ2n) is 5.50. The normalized spacial score (nSPS) is 24.9. The zero-order valence-electron chi connectivity index (χ0n) is 11.6. The van der Waals surface area contributed by atoms with Crippen LogP contribution in [0.15, 0.2) is 22.7 Å². The lowest BCUT2D eigenvalue weighted by atomic mass is 9.99. The van der Waals surface area contributed by atoms with E-state index in [9.17, 15) is 4.39 Å². The van der Waals surface area contributed by atoms with Gasteiger partial charge in [-0.2, -0.15) is 0 Å². The van der Waals surface area contributed by atoms with Crippen LogP contribution in [0.4, 0.5) is 4.39 Å². The number of hydrogen-bond acceptors (Lipinski definition) is 2. The van der Waals surface area contributed by atoms with Crippen LogP contribution in [0, 0.1) is 11.7 Å². The van der Waals surface area contributed by atoms with Crippen molar-refractivity contribution in [3.05, 3.63) is 34.1 Å². The molecule has 0 radical (unpaired) electrons. The number of hydrogen-bond donors (Lipinski definition) is 1. The highest BCUT2D eigenvalue weighted by Gasteiger charge is 2.32. The molecule has 2 rings (SSSR count). The van der Waals surface area contributed by atoms with Crippen molar-refractivity contribution in [1.82, 2.24) is 4.90 Å². The van der Waals surface area contributed by atoms with Gasteiger partial charge in [0.25, 0.3) is 0 Å². The number of halogens is 2. The number of nitrogens with zero attached hydrogens (tertiary/aromatic N) is 1. The quantitative estimate of drug-likeness (QED) is 0.912. The summed E-state index contributed by atoms with van der Waals surface area (Å²) >= 11 is 3.47. The molecule has 0 spiro atoms. The average Bonchev–Trinajstić information content (AvgIpc) is 2.85. The molecule has 2 N–H and O–H groups in total. The van der Waals surface area contributed by atoms with Gasteiger partial charge >= 0.3 is 0 Å². The van der Waals surface area contributed by atoms with Crippen molar-refractivity contribution in [2.75, 3.05) is 13.6 Å². The van der Waals surface area contributed by atoms with E-state index in [1.807, 2.05) is 6.07 Å². The predicted molar refractivity (Wildman–Crippen MR) is 80.5 cm³/mol. The average molecular weight is 329 g/mol. The first kappa shape index (κ1) is 14.9. The Hall–Kier alpha value is -0.450. The van der Waals surface area contributed by atoms with Crippen LogP contribution in [0.5, 0.6) is 0 Å². The first-order valence-corrected chi connectivity index (χ1v) is 7.70. The maximum Gasteiger partial charge on any atom is 0.124 e. The van der Waals surface area contributed by atoms with Gasteiger partial charge < -0.3 is 5.73 Å². The van der Waals surface area contributed by atoms with Crippen molar-refractivity contribution in [3.63, 3.8) is 0 Å². The first-order chi connectivity index (χ1) is 9.04. The first-order valence-electron chi connectivity index (χ1n) is 6.91.